The lowest BCUT2D eigenvalue weighted by molar-refractivity contribution is -0.0116. The highest BCUT2D eigenvalue weighted by atomic mass is 35.5. The van der Waals surface area contributed by atoms with Crippen LogP contribution >= 0.6 is 11.6 Å². The molecule has 0 bridgehead atoms. The van der Waals surface area contributed by atoms with Crippen molar-refractivity contribution in [3.05, 3.63) is 23.2 Å². The van der Waals surface area contributed by atoms with Crippen molar-refractivity contribution in [2.75, 3.05) is 13.2 Å². The lowest BCUT2D eigenvalue weighted by Crippen LogP contribution is -2.26. The SMILES string of the molecule is NS(=O)(=O)c1cc(Cl)ccc1OCC1CCCCO1. The number of primary sulfonamides is 1. The minimum Gasteiger partial charge on any atom is -0.489 e. The van der Waals surface area contributed by atoms with Crippen LogP contribution in [0.3, 0.4) is 0 Å². The topological polar surface area (TPSA) is 78.6 Å². The lowest BCUT2D eigenvalue weighted by Gasteiger charge is -2.23. The van der Waals surface area contributed by atoms with E-state index >= 15 is 0 Å². The summed E-state index contributed by atoms with van der Waals surface area (Å²) in [5.41, 5.74) is 0. The molecule has 19 heavy (non-hydrogen) atoms. The van der Waals surface area contributed by atoms with Gasteiger partial charge in [0.2, 0.25) is 10.0 Å². The van der Waals surface area contributed by atoms with Gasteiger partial charge in [-0.1, -0.05) is 11.6 Å². The Morgan fingerprint density at radius 3 is 2.84 bits per heavy atom. The molecular formula is C12H16ClNO4S. The molecule has 0 aliphatic carbocycles. The zero-order chi connectivity index (χ0) is 13.9. The Balaban J connectivity index is 2.11. The molecule has 1 aromatic carbocycles. The first kappa shape index (κ1) is 14.6. The highest BCUT2D eigenvalue weighted by molar-refractivity contribution is 7.89. The average molecular weight is 306 g/mol. The summed E-state index contributed by atoms with van der Waals surface area (Å²) in [4.78, 5) is -0.101. The van der Waals surface area contributed by atoms with E-state index in [-0.39, 0.29) is 16.7 Å². The van der Waals surface area contributed by atoms with E-state index < -0.39 is 10.0 Å². The first-order valence-corrected chi connectivity index (χ1v) is 7.96. The van der Waals surface area contributed by atoms with Crippen LogP contribution < -0.4 is 9.88 Å². The van der Waals surface area contributed by atoms with Crippen molar-refractivity contribution in [1.82, 2.24) is 0 Å². The molecule has 7 heteroatoms. The van der Waals surface area contributed by atoms with Crippen molar-refractivity contribution in [3.63, 3.8) is 0 Å². The Morgan fingerprint density at radius 1 is 1.42 bits per heavy atom. The van der Waals surface area contributed by atoms with Crippen LogP contribution in [0.5, 0.6) is 5.75 Å². The van der Waals surface area contributed by atoms with Crippen molar-refractivity contribution in [1.29, 1.82) is 0 Å². The summed E-state index contributed by atoms with van der Waals surface area (Å²) < 4.78 is 34.0. The van der Waals surface area contributed by atoms with Crippen LogP contribution in [0.25, 0.3) is 0 Å². The minimum atomic E-state index is -3.86. The van der Waals surface area contributed by atoms with Crippen LogP contribution in [0.2, 0.25) is 5.02 Å². The first-order chi connectivity index (χ1) is 8.97. The molecule has 1 aromatic rings. The van der Waals surface area contributed by atoms with Crippen LogP contribution in [0.1, 0.15) is 19.3 Å². The summed E-state index contributed by atoms with van der Waals surface area (Å²) >= 11 is 5.77. The third-order valence-corrected chi connectivity index (χ3v) is 4.08. The predicted octanol–water partition coefficient (Wildman–Crippen LogP) is 1.94. The Morgan fingerprint density at radius 2 is 2.21 bits per heavy atom. The van der Waals surface area contributed by atoms with E-state index in [2.05, 4.69) is 0 Å². The van der Waals surface area contributed by atoms with Gasteiger partial charge in [0.1, 0.15) is 17.3 Å². The average Bonchev–Trinajstić information content (AvgIpc) is 2.37. The van der Waals surface area contributed by atoms with Gasteiger partial charge >= 0.3 is 0 Å². The summed E-state index contributed by atoms with van der Waals surface area (Å²) in [6, 6.07) is 4.35. The number of nitrogens with two attached hydrogens (primary N) is 1. The Kier molecular flexibility index (Phi) is 4.67. The lowest BCUT2D eigenvalue weighted by atomic mass is 10.1. The molecule has 1 aliphatic rings. The van der Waals surface area contributed by atoms with Crippen molar-refractivity contribution in [2.45, 2.75) is 30.3 Å². The third kappa shape index (κ3) is 4.07. The van der Waals surface area contributed by atoms with E-state index in [4.69, 9.17) is 26.2 Å². The number of hydrogen-bond donors (Lipinski definition) is 1. The number of sulfonamides is 1. The fraction of sp³-hybridized carbons (Fsp3) is 0.500. The van der Waals surface area contributed by atoms with Crippen LogP contribution in [-0.2, 0) is 14.8 Å². The van der Waals surface area contributed by atoms with Crippen LogP contribution in [0, 0.1) is 0 Å². The zero-order valence-electron chi connectivity index (χ0n) is 10.3. The largest absolute Gasteiger partial charge is 0.489 e. The normalized spacial score (nSPS) is 20.2. The van der Waals surface area contributed by atoms with Gasteiger partial charge in [-0.2, -0.15) is 0 Å². The van der Waals surface area contributed by atoms with Crippen LogP contribution in [0.4, 0.5) is 0 Å². The van der Waals surface area contributed by atoms with E-state index in [9.17, 15) is 8.42 Å². The molecule has 0 radical (unpaired) electrons. The van der Waals surface area contributed by atoms with E-state index in [1.807, 2.05) is 0 Å². The zero-order valence-corrected chi connectivity index (χ0v) is 11.9. The number of rotatable bonds is 4. The number of halogens is 1. The van der Waals surface area contributed by atoms with Gasteiger partial charge in [0, 0.05) is 11.6 Å². The summed E-state index contributed by atoms with van der Waals surface area (Å²) in [6.45, 7) is 1.03. The molecule has 1 aliphatic heterocycles. The second-order valence-corrected chi connectivity index (χ2v) is 6.40. The molecule has 2 rings (SSSR count). The van der Waals surface area contributed by atoms with Gasteiger partial charge in [0.15, 0.2) is 0 Å². The van der Waals surface area contributed by atoms with Crippen molar-refractivity contribution in [2.24, 2.45) is 5.14 Å². The van der Waals surface area contributed by atoms with E-state index in [1.165, 1.54) is 12.1 Å². The Bertz CT molecular complexity index is 541. The number of hydrogen-bond acceptors (Lipinski definition) is 4. The molecule has 5 nitrogen and oxygen atoms in total. The molecule has 0 amide bonds. The van der Waals surface area contributed by atoms with Gasteiger partial charge in [-0.3, -0.25) is 0 Å². The van der Waals surface area contributed by atoms with Crippen molar-refractivity contribution < 1.29 is 17.9 Å². The standard InChI is InChI=1S/C12H16ClNO4S/c13-9-4-5-11(12(7-9)19(14,15)16)18-8-10-3-1-2-6-17-10/h4-5,7,10H,1-3,6,8H2,(H2,14,15,16). The van der Waals surface area contributed by atoms with Crippen molar-refractivity contribution in [3.8, 4) is 5.75 Å². The van der Waals surface area contributed by atoms with Gasteiger partial charge in [-0.15, -0.1) is 0 Å². The summed E-state index contributed by atoms with van der Waals surface area (Å²) in [5.74, 6) is 0.209. The second kappa shape index (κ2) is 6.09. The third-order valence-electron chi connectivity index (χ3n) is 2.91. The number of benzene rings is 1. The van der Waals surface area contributed by atoms with E-state index in [0.29, 0.717) is 11.6 Å². The van der Waals surface area contributed by atoms with Crippen LogP contribution in [-0.4, -0.2) is 27.7 Å². The highest BCUT2D eigenvalue weighted by Crippen LogP contribution is 2.27. The Labute approximate surface area is 117 Å². The monoisotopic (exact) mass is 305 g/mol. The Hall–Kier alpha value is -0.820. The molecule has 1 saturated heterocycles. The maximum absolute atomic E-state index is 11.5. The van der Waals surface area contributed by atoms with Crippen molar-refractivity contribution >= 4 is 21.6 Å². The smallest absolute Gasteiger partial charge is 0.241 e. The molecule has 0 aromatic heterocycles. The molecule has 1 unspecified atom stereocenters. The van der Waals surface area contributed by atoms with E-state index in [0.717, 1.165) is 25.9 Å². The maximum Gasteiger partial charge on any atom is 0.241 e. The molecule has 106 valence electrons. The van der Waals surface area contributed by atoms with Gasteiger partial charge < -0.3 is 9.47 Å². The fourth-order valence-corrected chi connectivity index (χ4v) is 2.88. The summed E-state index contributed by atoms with van der Waals surface area (Å²) in [5, 5.41) is 5.43. The predicted molar refractivity (Wildman–Crippen MR) is 71.9 cm³/mol. The molecular weight excluding hydrogens is 290 g/mol. The summed E-state index contributed by atoms with van der Waals surface area (Å²) in [6.07, 6.45) is 3.06. The fourth-order valence-electron chi connectivity index (χ4n) is 1.95. The van der Waals surface area contributed by atoms with Gasteiger partial charge in [0.05, 0.1) is 6.10 Å². The quantitative estimate of drug-likeness (QED) is 0.922. The molecule has 1 atom stereocenters. The van der Waals surface area contributed by atoms with Gasteiger partial charge in [0.25, 0.3) is 0 Å². The minimum absolute atomic E-state index is 0.00208. The molecule has 2 N–H and O–H groups in total. The van der Waals surface area contributed by atoms with Crippen LogP contribution in [0.15, 0.2) is 23.1 Å². The second-order valence-electron chi connectivity index (χ2n) is 4.44. The highest BCUT2D eigenvalue weighted by Gasteiger charge is 2.19. The van der Waals surface area contributed by atoms with Gasteiger partial charge in [-0.25, -0.2) is 13.6 Å². The molecule has 1 fully saturated rings. The molecule has 1 heterocycles. The molecule has 0 saturated carbocycles. The van der Waals surface area contributed by atoms with Gasteiger partial charge in [-0.05, 0) is 37.5 Å². The molecule has 0 spiro atoms. The number of ether oxygens (including phenoxy) is 2. The maximum atomic E-state index is 11.5. The van der Waals surface area contributed by atoms with E-state index in [1.54, 1.807) is 6.07 Å². The first-order valence-electron chi connectivity index (χ1n) is 6.03. The summed E-state index contributed by atoms with van der Waals surface area (Å²) in [7, 11) is -3.86.